The van der Waals surface area contributed by atoms with Crippen molar-refractivity contribution in [3.63, 3.8) is 0 Å². The summed E-state index contributed by atoms with van der Waals surface area (Å²) in [7, 11) is 0. The summed E-state index contributed by atoms with van der Waals surface area (Å²) in [5.74, 6) is 0. The third-order valence-electron chi connectivity index (χ3n) is 0.318. The predicted octanol–water partition coefficient (Wildman–Crippen LogP) is -1.05. The van der Waals surface area contributed by atoms with Gasteiger partial charge in [0, 0.05) is 0 Å². The zero-order chi connectivity index (χ0) is 5.86. The number of carbonyl (C=O) groups excluding carboxylic acids is 1. The van der Waals surface area contributed by atoms with Gasteiger partial charge in [0.05, 0.1) is 0 Å². The van der Waals surface area contributed by atoms with E-state index < -0.39 is 0 Å². The molecular formula is C3H2O2W2. The Kier molecular flexibility index (Phi) is 4.11. The maximum atomic E-state index is 9.76. The van der Waals surface area contributed by atoms with E-state index in [1.807, 2.05) is 0 Å². The first-order valence-electron chi connectivity index (χ1n) is 1.41. The Labute approximate surface area is 62.7 Å². The molecule has 0 radical (unpaired) electrons. The van der Waals surface area contributed by atoms with Crippen LogP contribution in [0.2, 0.25) is 0 Å². The zero-order valence-corrected chi connectivity index (χ0v) is 9.12. The molecule has 0 rings (SSSR count). The van der Waals surface area contributed by atoms with Gasteiger partial charge in [-0.15, -0.1) is 0 Å². The Morgan fingerprint density at radius 2 is 2.00 bits per heavy atom. The molecule has 4 heteroatoms. The van der Waals surface area contributed by atoms with Crippen molar-refractivity contribution in [1.82, 2.24) is 0 Å². The number of aliphatic hydroxyl groups is 1. The molecule has 0 atom stereocenters. The van der Waals surface area contributed by atoms with Crippen LogP contribution >= 0.6 is 0 Å². The van der Waals surface area contributed by atoms with Crippen LogP contribution in [0.3, 0.4) is 0 Å². The van der Waals surface area contributed by atoms with E-state index >= 15 is 0 Å². The standard InChI is InChI=1S/C3H2O2.2W/c4-2-1-3-5;;/h2,5H;;. The van der Waals surface area contributed by atoms with Crippen LogP contribution in [0.5, 0.6) is 0 Å². The molecule has 0 heterocycles. The van der Waals surface area contributed by atoms with Crippen molar-refractivity contribution in [2.24, 2.45) is 0 Å². The van der Waals surface area contributed by atoms with Gasteiger partial charge >= 0.3 is 62.9 Å². The van der Waals surface area contributed by atoms with Gasteiger partial charge in [-0.1, -0.05) is 0 Å². The molecule has 0 saturated heterocycles. The van der Waals surface area contributed by atoms with Crippen LogP contribution in [-0.4, -0.2) is 19.4 Å². The molecule has 0 spiro atoms. The van der Waals surface area contributed by atoms with E-state index in [9.17, 15) is 4.79 Å². The van der Waals surface area contributed by atoms with E-state index in [1.165, 1.54) is 0 Å². The van der Waals surface area contributed by atoms with Crippen LogP contribution in [0.25, 0.3) is 0 Å². The van der Waals surface area contributed by atoms with E-state index in [0.717, 1.165) is 38.7 Å². The molecule has 0 aliphatic rings. The fraction of sp³-hybridized carbons (Fsp3) is 0. The number of carbonyl (C=O) groups is 1. The van der Waals surface area contributed by atoms with E-state index in [1.54, 1.807) is 0 Å². The Morgan fingerprint density at radius 3 is 2.00 bits per heavy atom. The molecule has 0 fully saturated rings. The molecular weight excluding hydrogens is 436 g/mol. The number of rotatable bonds is 2. The minimum absolute atomic E-state index is 0.213. The second kappa shape index (κ2) is 3.71. The average Bonchev–Trinajstić information content (AvgIpc) is 1.65. The first-order chi connectivity index (χ1) is 3.18. The van der Waals surface area contributed by atoms with E-state index in [2.05, 4.69) is 0 Å². The number of hydrogen-bond donors (Lipinski definition) is 1. The molecule has 7 heavy (non-hydrogen) atoms. The summed E-state index contributed by atoms with van der Waals surface area (Å²) in [5, 5.41) is 8.53. The van der Waals surface area contributed by atoms with Gasteiger partial charge in [0.2, 0.25) is 0 Å². The summed E-state index contributed by atoms with van der Waals surface area (Å²) in [5.41, 5.74) is 0. The molecule has 1 N–H and O–H groups in total. The van der Waals surface area contributed by atoms with E-state index in [0.29, 0.717) is 10.2 Å². The topological polar surface area (TPSA) is 37.3 Å². The molecule has 2 nitrogen and oxygen atoms in total. The van der Waals surface area contributed by atoms with Crippen molar-refractivity contribution in [2.75, 3.05) is 0 Å². The van der Waals surface area contributed by atoms with Crippen molar-refractivity contribution in [3.05, 3.63) is 0 Å². The molecule has 0 aliphatic heterocycles. The first-order valence-corrected chi connectivity index (χ1v) is 4.34. The van der Waals surface area contributed by atoms with Gasteiger partial charge in [0.15, 0.2) is 0 Å². The Morgan fingerprint density at radius 1 is 1.57 bits per heavy atom. The predicted molar refractivity (Wildman–Crippen MR) is 18.0 cm³/mol. The van der Waals surface area contributed by atoms with Gasteiger partial charge in [-0.2, -0.15) is 0 Å². The molecule has 0 saturated carbocycles. The molecule has 0 aromatic carbocycles. The molecule has 0 bridgehead atoms. The number of aldehydes is 1. The van der Waals surface area contributed by atoms with Gasteiger partial charge in [-0.25, -0.2) is 0 Å². The number of aliphatic hydroxyl groups excluding tert-OH is 1. The second-order valence-corrected chi connectivity index (χ2v) is 3.76. The van der Waals surface area contributed by atoms with Crippen LogP contribution in [0, 0.1) is 0 Å². The molecule has 0 unspecified atom stereocenters. The van der Waals surface area contributed by atoms with Crippen LogP contribution in [0.15, 0.2) is 0 Å². The monoisotopic (exact) mass is 438 g/mol. The van der Waals surface area contributed by atoms with Crippen LogP contribution < -0.4 is 0 Å². The SMILES string of the molecule is O=C[C](=[W])[C](O)=[W]. The minimum atomic E-state index is 0.213. The maximum absolute atomic E-state index is 9.76. The first kappa shape index (κ1) is 7.75. The molecule has 0 aromatic rings. The van der Waals surface area contributed by atoms with Gasteiger partial charge in [-0.3, -0.25) is 0 Å². The Balaban J connectivity index is 3.81. The molecule has 0 aromatic heterocycles. The van der Waals surface area contributed by atoms with Crippen LogP contribution in [0.4, 0.5) is 0 Å². The quantitative estimate of drug-likeness (QED) is 0.560. The van der Waals surface area contributed by atoms with E-state index in [-0.39, 0.29) is 4.08 Å². The van der Waals surface area contributed by atoms with Crippen molar-refractivity contribution < 1.29 is 48.6 Å². The Hall–Kier alpha value is 0.747. The third-order valence-corrected chi connectivity index (χ3v) is 4.16. The van der Waals surface area contributed by atoms with E-state index in [4.69, 9.17) is 5.11 Å². The second-order valence-electron chi connectivity index (χ2n) is 0.787. The Bertz CT molecular complexity index is 118. The van der Waals surface area contributed by atoms with Crippen molar-refractivity contribution in [1.29, 1.82) is 0 Å². The normalized spacial score (nSPS) is 7.57. The fourth-order valence-electron chi connectivity index (χ4n) is 0.0504. The third kappa shape index (κ3) is 3.34. The van der Waals surface area contributed by atoms with Crippen molar-refractivity contribution in [3.8, 4) is 0 Å². The average molecular weight is 438 g/mol. The zero-order valence-electron chi connectivity index (χ0n) is 3.25. The summed E-state index contributed by atoms with van der Waals surface area (Å²) in [6.45, 7) is 0. The summed E-state index contributed by atoms with van der Waals surface area (Å²) in [6.07, 6.45) is 0.678. The van der Waals surface area contributed by atoms with Crippen LogP contribution in [-0.2, 0) is 43.5 Å². The van der Waals surface area contributed by atoms with Crippen LogP contribution in [0.1, 0.15) is 0 Å². The molecule has 38 valence electrons. The van der Waals surface area contributed by atoms with Gasteiger partial charge < -0.3 is 0 Å². The van der Waals surface area contributed by atoms with Crippen molar-refractivity contribution in [2.45, 2.75) is 0 Å². The van der Waals surface area contributed by atoms with Gasteiger partial charge in [-0.05, 0) is 0 Å². The fourth-order valence-corrected chi connectivity index (χ4v) is 0.223. The summed E-state index contributed by atoms with van der Waals surface area (Å²) >= 11 is 1.98. The summed E-state index contributed by atoms with van der Waals surface area (Å²) < 4.78 is 0.722. The van der Waals surface area contributed by atoms with Gasteiger partial charge in [0.25, 0.3) is 0 Å². The molecule has 0 amide bonds. The summed E-state index contributed by atoms with van der Waals surface area (Å²) in [4.78, 5) is 9.76. The van der Waals surface area contributed by atoms with Gasteiger partial charge in [0.1, 0.15) is 0 Å². The summed E-state index contributed by atoms with van der Waals surface area (Å²) in [6, 6.07) is 0. The number of hydrogen-bond acceptors (Lipinski definition) is 2. The molecule has 0 aliphatic carbocycles. The van der Waals surface area contributed by atoms with Crippen molar-refractivity contribution >= 4 is 14.3 Å².